The summed E-state index contributed by atoms with van der Waals surface area (Å²) in [6.45, 7) is 5.88. The molecule has 4 heteroatoms. The molecule has 1 rings (SSSR count). The lowest BCUT2D eigenvalue weighted by Crippen LogP contribution is -2.34. The topological polar surface area (TPSA) is 49.8 Å². The molecule has 0 aromatic carbocycles. The van der Waals surface area contributed by atoms with Crippen molar-refractivity contribution in [1.82, 2.24) is 4.90 Å². The lowest BCUT2D eigenvalue weighted by atomic mass is 10.2. The van der Waals surface area contributed by atoms with Crippen molar-refractivity contribution < 1.29 is 14.6 Å². The van der Waals surface area contributed by atoms with Crippen LogP contribution in [0.25, 0.3) is 0 Å². The van der Waals surface area contributed by atoms with Crippen molar-refractivity contribution in [2.75, 3.05) is 6.54 Å². The van der Waals surface area contributed by atoms with E-state index >= 15 is 0 Å². The van der Waals surface area contributed by atoms with Gasteiger partial charge in [-0.25, -0.2) is 9.69 Å². The first-order valence-electron chi connectivity index (χ1n) is 4.30. The second-order valence-electron chi connectivity index (χ2n) is 3.98. The van der Waals surface area contributed by atoms with Crippen LogP contribution in [0.1, 0.15) is 27.2 Å². The van der Waals surface area contributed by atoms with E-state index in [1.54, 1.807) is 26.8 Å². The van der Waals surface area contributed by atoms with Gasteiger partial charge in [0.2, 0.25) is 0 Å². The second-order valence-corrected chi connectivity index (χ2v) is 3.98. The maximum Gasteiger partial charge on any atom is 0.417 e. The molecular weight excluding hydrogens is 170 g/mol. The Bertz CT molecular complexity index is 240. The van der Waals surface area contributed by atoms with Crippen LogP contribution in [0.3, 0.4) is 0 Å². The van der Waals surface area contributed by atoms with Crippen LogP contribution < -0.4 is 0 Å². The molecule has 1 N–H and O–H groups in total. The van der Waals surface area contributed by atoms with Crippen molar-refractivity contribution in [3.8, 4) is 0 Å². The molecule has 0 radical (unpaired) electrons. The SMILES string of the molecule is CC(C)(C)OC(=O)N1CCC=C1O. The molecule has 4 nitrogen and oxygen atoms in total. The summed E-state index contributed by atoms with van der Waals surface area (Å²) < 4.78 is 5.08. The van der Waals surface area contributed by atoms with Gasteiger partial charge in [-0.3, -0.25) is 0 Å². The number of ether oxygens (including phenoxy) is 1. The number of carbonyl (C=O) groups excluding carboxylic acids is 1. The van der Waals surface area contributed by atoms with Gasteiger partial charge < -0.3 is 9.84 Å². The third kappa shape index (κ3) is 2.65. The van der Waals surface area contributed by atoms with E-state index in [0.29, 0.717) is 13.0 Å². The van der Waals surface area contributed by atoms with Gasteiger partial charge in [0.15, 0.2) is 5.88 Å². The number of aliphatic hydroxyl groups excluding tert-OH is 1. The highest BCUT2D eigenvalue weighted by Gasteiger charge is 2.26. The Labute approximate surface area is 77.8 Å². The quantitative estimate of drug-likeness (QED) is 0.628. The average molecular weight is 185 g/mol. The Kier molecular flexibility index (Phi) is 2.50. The van der Waals surface area contributed by atoms with Crippen LogP contribution in [-0.2, 0) is 4.74 Å². The molecular formula is C9H15NO3. The third-order valence-electron chi connectivity index (χ3n) is 1.57. The Balaban J connectivity index is 2.54. The van der Waals surface area contributed by atoms with E-state index in [2.05, 4.69) is 0 Å². The van der Waals surface area contributed by atoms with Gasteiger partial charge in [-0.05, 0) is 33.3 Å². The average Bonchev–Trinajstić information content (AvgIpc) is 2.30. The molecule has 0 saturated carbocycles. The van der Waals surface area contributed by atoms with Gasteiger partial charge in [0.05, 0.1) is 0 Å². The van der Waals surface area contributed by atoms with Gasteiger partial charge in [-0.1, -0.05) is 0 Å². The first-order chi connectivity index (χ1) is 5.90. The molecule has 1 heterocycles. The zero-order chi connectivity index (χ0) is 10.1. The van der Waals surface area contributed by atoms with E-state index in [-0.39, 0.29) is 5.88 Å². The Morgan fingerprint density at radius 3 is 2.62 bits per heavy atom. The highest BCUT2D eigenvalue weighted by Crippen LogP contribution is 2.16. The van der Waals surface area contributed by atoms with E-state index in [0.717, 1.165) is 0 Å². The lowest BCUT2D eigenvalue weighted by Gasteiger charge is -2.24. The number of nitrogens with zero attached hydrogens (tertiary/aromatic N) is 1. The highest BCUT2D eigenvalue weighted by atomic mass is 16.6. The van der Waals surface area contributed by atoms with Gasteiger partial charge in [-0.15, -0.1) is 0 Å². The molecule has 74 valence electrons. The minimum absolute atomic E-state index is 0.00532. The molecule has 0 saturated heterocycles. The van der Waals surface area contributed by atoms with Gasteiger partial charge in [-0.2, -0.15) is 0 Å². The largest absolute Gasteiger partial charge is 0.495 e. The summed E-state index contributed by atoms with van der Waals surface area (Å²) in [7, 11) is 0. The molecule has 0 unspecified atom stereocenters. The lowest BCUT2D eigenvalue weighted by molar-refractivity contribution is 0.0257. The van der Waals surface area contributed by atoms with E-state index in [1.807, 2.05) is 0 Å². The van der Waals surface area contributed by atoms with E-state index in [9.17, 15) is 9.90 Å². The van der Waals surface area contributed by atoms with E-state index < -0.39 is 11.7 Å². The Morgan fingerprint density at radius 1 is 1.62 bits per heavy atom. The van der Waals surface area contributed by atoms with Crippen LogP contribution in [0.4, 0.5) is 4.79 Å². The zero-order valence-corrected chi connectivity index (χ0v) is 8.20. The van der Waals surface area contributed by atoms with Crippen molar-refractivity contribution >= 4 is 6.09 Å². The summed E-state index contributed by atoms with van der Waals surface area (Å²) in [6, 6.07) is 0. The molecule has 0 atom stereocenters. The van der Waals surface area contributed by atoms with Crippen LogP contribution in [0.15, 0.2) is 12.0 Å². The monoisotopic (exact) mass is 185 g/mol. The first kappa shape index (κ1) is 9.89. The van der Waals surface area contributed by atoms with Crippen molar-refractivity contribution in [2.45, 2.75) is 32.8 Å². The van der Waals surface area contributed by atoms with Crippen LogP contribution in [-0.4, -0.2) is 28.2 Å². The molecule has 0 aromatic heterocycles. The van der Waals surface area contributed by atoms with Gasteiger partial charge in [0.1, 0.15) is 5.60 Å². The Hall–Kier alpha value is -1.19. The van der Waals surface area contributed by atoms with Crippen LogP contribution >= 0.6 is 0 Å². The van der Waals surface area contributed by atoms with Crippen molar-refractivity contribution in [2.24, 2.45) is 0 Å². The zero-order valence-electron chi connectivity index (χ0n) is 8.20. The minimum Gasteiger partial charge on any atom is -0.495 e. The van der Waals surface area contributed by atoms with E-state index in [1.165, 1.54) is 4.90 Å². The molecule has 1 aliphatic rings. The number of rotatable bonds is 0. The van der Waals surface area contributed by atoms with Gasteiger partial charge >= 0.3 is 6.09 Å². The summed E-state index contributed by atoms with van der Waals surface area (Å²) in [5.74, 6) is -0.00532. The van der Waals surface area contributed by atoms with Crippen molar-refractivity contribution in [1.29, 1.82) is 0 Å². The second kappa shape index (κ2) is 3.28. The molecule has 0 spiro atoms. The fraction of sp³-hybridized carbons (Fsp3) is 0.667. The maximum atomic E-state index is 11.4. The van der Waals surface area contributed by atoms with Crippen LogP contribution in [0.5, 0.6) is 0 Å². The normalized spacial score (nSPS) is 17.2. The summed E-state index contributed by atoms with van der Waals surface area (Å²) in [6.07, 6.45) is 1.80. The van der Waals surface area contributed by atoms with Crippen molar-refractivity contribution in [3.05, 3.63) is 12.0 Å². The smallest absolute Gasteiger partial charge is 0.417 e. The summed E-state index contributed by atoms with van der Waals surface area (Å²) in [5, 5.41) is 9.24. The first-order valence-corrected chi connectivity index (χ1v) is 4.30. The molecule has 0 aromatic rings. The molecule has 1 aliphatic heterocycles. The summed E-state index contributed by atoms with van der Waals surface area (Å²) in [5.41, 5.74) is -0.514. The van der Waals surface area contributed by atoms with E-state index in [4.69, 9.17) is 4.74 Å². The molecule has 0 aliphatic carbocycles. The fourth-order valence-electron chi connectivity index (χ4n) is 1.05. The standard InChI is InChI=1S/C9H15NO3/c1-9(2,3)13-8(12)10-6-4-5-7(10)11/h5,11H,4,6H2,1-3H3. The van der Waals surface area contributed by atoms with Crippen molar-refractivity contribution in [3.63, 3.8) is 0 Å². The summed E-state index contributed by atoms with van der Waals surface area (Å²) >= 11 is 0. The molecule has 0 fully saturated rings. The number of hydrogen-bond acceptors (Lipinski definition) is 3. The molecule has 0 bridgehead atoms. The predicted octanol–water partition coefficient (Wildman–Crippen LogP) is 2.03. The highest BCUT2D eigenvalue weighted by molar-refractivity contribution is 5.70. The molecule has 13 heavy (non-hydrogen) atoms. The number of carbonyl (C=O) groups is 1. The third-order valence-corrected chi connectivity index (χ3v) is 1.57. The van der Waals surface area contributed by atoms with Gasteiger partial charge in [0.25, 0.3) is 0 Å². The number of amides is 1. The fourth-order valence-corrected chi connectivity index (χ4v) is 1.05. The Morgan fingerprint density at radius 2 is 2.23 bits per heavy atom. The predicted molar refractivity (Wildman–Crippen MR) is 48.3 cm³/mol. The number of hydrogen-bond donors (Lipinski definition) is 1. The van der Waals surface area contributed by atoms with Crippen LogP contribution in [0, 0.1) is 0 Å². The maximum absolute atomic E-state index is 11.4. The van der Waals surface area contributed by atoms with Crippen LogP contribution in [0.2, 0.25) is 0 Å². The minimum atomic E-state index is -0.514. The summed E-state index contributed by atoms with van der Waals surface area (Å²) in [4.78, 5) is 12.6. The van der Waals surface area contributed by atoms with Gasteiger partial charge in [0, 0.05) is 6.54 Å². The molecule has 1 amide bonds. The number of aliphatic hydroxyl groups is 1.